The smallest absolute Gasteiger partial charge is 0.266 e. The normalized spacial score (nSPS) is 14.8. The van der Waals surface area contributed by atoms with Crippen molar-refractivity contribution in [3.8, 4) is 22.8 Å². The van der Waals surface area contributed by atoms with E-state index in [4.69, 9.17) is 9.47 Å². The number of methoxy groups -OCH3 is 2. The van der Waals surface area contributed by atoms with Gasteiger partial charge in [-0.2, -0.15) is 0 Å². The van der Waals surface area contributed by atoms with E-state index in [9.17, 15) is 18.0 Å². The Morgan fingerprint density at radius 3 is 2.55 bits per heavy atom. The SMILES string of the molecule is COc1ccc(F)c(-c2ccnc(N3CCC(F)(F)C3)c2NC(=O)c2ccc(OC)nc2)c1. The molecule has 4 rings (SSSR count). The topological polar surface area (TPSA) is 76.6 Å². The third-order valence-electron chi connectivity index (χ3n) is 5.31. The largest absolute Gasteiger partial charge is 0.497 e. The summed E-state index contributed by atoms with van der Waals surface area (Å²) in [7, 11) is 2.89. The molecular weight excluding hydrogens is 437 g/mol. The Kier molecular flexibility index (Phi) is 6.08. The first-order valence-corrected chi connectivity index (χ1v) is 10.1. The van der Waals surface area contributed by atoms with Crippen LogP contribution in [0.1, 0.15) is 16.8 Å². The maximum atomic E-state index is 14.8. The maximum absolute atomic E-state index is 14.8. The number of halogens is 3. The van der Waals surface area contributed by atoms with Crippen molar-refractivity contribution in [3.05, 3.63) is 60.2 Å². The van der Waals surface area contributed by atoms with Gasteiger partial charge in [-0.15, -0.1) is 0 Å². The number of carbonyl (C=O) groups excluding carboxylic acids is 1. The molecule has 3 aromatic rings. The Morgan fingerprint density at radius 2 is 1.91 bits per heavy atom. The van der Waals surface area contributed by atoms with Gasteiger partial charge < -0.3 is 19.7 Å². The number of hydrogen-bond donors (Lipinski definition) is 1. The molecule has 172 valence electrons. The molecular formula is C23H21F3N4O3. The summed E-state index contributed by atoms with van der Waals surface area (Å²) in [5.41, 5.74) is 0.728. The van der Waals surface area contributed by atoms with Crippen LogP contribution in [0.15, 0.2) is 48.8 Å². The van der Waals surface area contributed by atoms with E-state index in [1.165, 1.54) is 67.9 Å². The van der Waals surface area contributed by atoms with Crippen molar-refractivity contribution in [2.75, 3.05) is 37.5 Å². The lowest BCUT2D eigenvalue weighted by Crippen LogP contribution is -2.27. The molecule has 0 saturated carbocycles. The fourth-order valence-electron chi connectivity index (χ4n) is 3.61. The average Bonchev–Trinajstić information content (AvgIpc) is 3.19. The molecule has 1 N–H and O–H groups in total. The van der Waals surface area contributed by atoms with Crippen molar-refractivity contribution < 1.29 is 27.4 Å². The number of hydrogen-bond acceptors (Lipinski definition) is 6. The summed E-state index contributed by atoms with van der Waals surface area (Å²) >= 11 is 0. The second-order valence-electron chi connectivity index (χ2n) is 7.47. The van der Waals surface area contributed by atoms with Crippen LogP contribution < -0.4 is 19.7 Å². The molecule has 1 aliphatic heterocycles. The number of anilines is 2. The Balaban J connectivity index is 1.80. The average molecular weight is 458 g/mol. The zero-order chi connectivity index (χ0) is 23.6. The third kappa shape index (κ3) is 4.69. The first-order valence-electron chi connectivity index (χ1n) is 10.1. The summed E-state index contributed by atoms with van der Waals surface area (Å²) < 4.78 is 52.9. The van der Waals surface area contributed by atoms with E-state index in [-0.39, 0.29) is 41.2 Å². The lowest BCUT2D eigenvalue weighted by molar-refractivity contribution is 0.0257. The first kappa shape index (κ1) is 22.4. The maximum Gasteiger partial charge on any atom is 0.266 e. The molecule has 1 saturated heterocycles. The summed E-state index contributed by atoms with van der Waals surface area (Å²) in [4.78, 5) is 22.6. The number of carbonyl (C=O) groups is 1. The molecule has 33 heavy (non-hydrogen) atoms. The standard InChI is InChI=1S/C23H21F3N4O3/c1-32-15-4-5-18(24)17(11-15)16-7-9-27-21(30-10-8-23(25,26)13-30)20(16)29-22(31)14-3-6-19(33-2)28-12-14/h3-7,9,11-12H,8,10,13H2,1-2H3,(H,29,31). The van der Waals surface area contributed by atoms with Crippen LogP contribution in [0.25, 0.3) is 11.1 Å². The molecule has 1 fully saturated rings. The monoisotopic (exact) mass is 458 g/mol. The fourth-order valence-corrected chi connectivity index (χ4v) is 3.61. The summed E-state index contributed by atoms with van der Waals surface area (Å²) in [6, 6.07) is 8.70. The highest BCUT2D eigenvalue weighted by molar-refractivity contribution is 6.08. The van der Waals surface area contributed by atoms with Crippen molar-refractivity contribution in [2.45, 2.75) is 12.3 Å². The van der Waals surface area contributed by atoms with Gasteiger partial charge in [0.15, 0.2) is 5.82 Å². The summed E-state index contributed by atoms with van der Waals surface area (Å²) in [6.45, 7) is -0.520. The third-order valence-corrected chi connectivity index (χ3v) is 5.31. The molecule has 7 nitrogen and oxygen atoms in total. The minimum atomic E-state index is -2.89. The Labute approximate surface area is 188 Å². The Hall–Kier alpha value is -3.82. The van der Waals surface area contributed by atoms with Gasteiger partial charge in [-0.1, -0.05) is 0 Å². The lowest BCUT2D eigenvalue weighted by Gasteiger charge is -2.23. The molecule has 10 heteroatoms. The fraction of sp³-hybridized carbons (Fsp3) is 0.261. The van der Waals surface area contributed by atoms with Gasteiger partial charge in [0.05, 0.1) is 32.0 Å². The number of alkyl halides is 2. The van der Waals surface area contributed by atoms with E-state index in [1.807, 2.05) is 0 Å². The number of rotatable bonds is 6. The zero-order valence-electron chi connectivity index (χ0n) is 17.9. The summed E-state index contributed by atoms with van der Waals surface area (Å²) in [5, 5.41) is 2.72. The quantitative estimate of drug-likeness (QED) is 0.590. The number of nitrogens with zero attached hydrogens (tertiary/aromatic N) is 3. The lowest BCUT2D eigenvalue weighted by atomic mass is 10.0. The van der Waals surface area contributed by atoms with Crippen LogP contribution in [0.3, 0.4) is 0 Å². The summed E-state index contributed by atoms with van der Waals surface area (Å²) in [5.74, 6) is -3.17. The second kappa shape index (κ2) is 8.97. The van der Waals surface area contributed by atoms with Crippen LogP contribution >= 0.6 is 0 Å². The molecule has 0 aliphatic carbocycles. The van der Waals surface area contributed by atoms with Gasteiger partial charge in [0.25, 0.3) is 11.8 Å². The van der Waals surface area contributed by atoms with E-state index < -0.39 is 24.2 Å². The first-order chi connectivity index (χ1) is 15.8. The van der Waals surface area contributed by atoms with Gasteiger partial charge in [0.2, 0.25) is 5.88 Å². The van der Waals surface area contributed by atoms with Crippen molar-refractivity contribution in [1.82, 2.24) is 9.97 Å². The predicted molar refractivity (Wildman–Crippen MR) is 117 cm³/mol. The van der Waals surface area contributed by atoms with E-state index in [2.05, 4.69) is 15.3 Å². The van der Waals surface area contributed by atoms with Crippen molar-refractivity contribution >= 4 is 17.4 Å². The minimum Gasteiger partial charge on any atom is -0.497 e. The predicted octanol–water partition coefficient (Wildman–Crippen LogP) is 4.40. The van der Waals surface area contributed by atoms with Gasteiger partial charge in [0.1, 0.15) is 11.6 Å². The number of aromatic nitrogens is 2. The highest BCUT2D eigenvalue weighted by atomic mass is 19.3. The number of nitrogens with one attached hydrogen (secondary N) is 1. The highest BCUT2D eigenvalue weighted by Gasteiger charge is 2.40. The Bertz CT molecular complexity index is 1170. The van der Waals surface area contributed by atoms with Gasteiger partial charge in [-0.05, 0) is 30.3 Å². The van der Waals surface area contributed by atoms with E-state index in [0.29, 0.717) is 11.6 Å². The van der Waals surface area contributed by atoms with E-state index >= 15 is 0 Å². The van der Waals surface area contributed by atoms with E-state index in [0.717, 1.165) is 0 Å². The van der Waals surface area contributed by atoms with Crippen LogP contribution in [-0.2, 0) is 0 Å². The van der Waals surface area contributed by atoms with Crippen molar-refractivity contribution in [1.29, 1.82) is 0 Å². The molecule has 0 radical (unpaired) electrons. The minimum absolute atomic E-state index is 0.0387. The molecule has 0 bridgehead atoms. The molecule has 1 aromatic carbocycles. The van der Waals surface area contributed by atoms with Gasteiger partial charge >= 0.3 is 0 Å². The number of ether oxygens (including phenoxy) is 2. The second-order valence-corrected chi connectivity index (χ2v) is 7.47. The van der Waals surface area contributed by atoms with E-state index in [1.54, 1.807) is 0 Å². The number of benzene rings is 1. The summed E-state index contributed by atoms with van der Waals surface area (Å²) in [6.07, 6.45) is 2.37. The molecule has 3 heterocycles. The molecule has 1 aliphatic rings. The van der Waals surface area contributed by atoms with Crippen LogP contribution in [0.4, 0.5) is 24.7 Å². The van der Waals surface area contributed by atoms with Crippen LogP contribution in [0.5, 0.6) is 11.6 Å². The number of pyridine rings is 2. The van der Waals surface area contributed by atoms with Crippen LogP contribution in [0.2, 0.25) is 0 Å². The molecule has 1 amide bonds. The van der Waals surface area contributed by atoms with Crippen LogP contribution in [-0.4, -0.2) is 49.1 Å². The zero-order valence-corrected chi connectivity index (χ0v) is 17.9. The van der Waals surface area contributed by atoms with Crippen molar-refractivity contribution in [2.24, 2.45) is 0 Å². The molecule has 0 spiro atoms. The van der Waals surface area contributed by atoms with Gasteiger partial charge in [0, 0.05) is 42.6 Å². The molecule has 0 atom stereocenters. The molecule has 0 unspecified atom stereocenters. The van der Waals surface area contributed by atoms with Gasteiger partial charge in [-0.25, -0.2) is 23.1 Å². The van der Waals surface area contributed by atoms with Crippen LogP contribution in [0, 0.1) is 5.82 Å². The number of amides is 1. The molecule has 2 aromatic heterocycles. The Morgan fingerprint density at radius 1 is 1.09 bits per heavy atom. The highest BCUT2D eigenvalue weighted by Crippen LogP contribution is 2.40. The van der Waals surface area contributed by atoms with Crippen molar-refractivity contribution in [3.63, 3.8) is 0 Å². The van der Waals surface area contributed by atoms with Gasteiger partial charge in [-0.3, -0.25) is 4.79 Å².